The van der Waals surface area contributed by atoms with Gasteiger partial charge < -0.3 is 4.90 Å². The van der Waals surface area contributed by atoms with E-state index in [4.69, 9.17) is 0 Å². The lowest BCUT2D eigenvalue weighted by molar-refractivity contribution is -0.143. The number of alkyl halides is 3. The van der Waals surface area contributed by atoms with Crippen molar-refractivity contribution in [2.75, 3.05) is 40.3 Å². The predicted octanol–water partition coefficient (Wildman–Crippen LogP) is 1.82. The molecule has 0 spiro atoms. The van der Waals surface area contributed by atoms with E-state index in [1.807, 2.05) is 14.0 Å². The summed E-state index contributed by atoms with van der Waals surface area (Å²) < 4.78 is 35.7. The normalized spacial score (nSPS) is 12.9. The summed E-state index contributed by atoms with van der Waals surface area (Å²) in [5.74, 6) is 0. The highest BCUT2D eigenvalue weighted by Gasteiger charge is 2.28. The van der Waals surface area contributed by atoms with Crippen LogP contribution in [-0.2, 0) is 0 Å². The number of rotatable bonds is 6. The van der Waals surface area contributed by atoms with Gasteiger partial charge in [0.1, 0.15) is 0 Å². The SMILES string of the molecule is CCN(C)CCCN(C)CC(F)(F)F. The summed E-state index contributed by atoms with van der Waals surface area (Å²) in [4.78, 5) is 3.39. The molecule has 0 aliphatic carbocycles. The van der Waals surface area contributed by atoms with Crippen LogP contribution in [-0.4, -0.2) is 56.3 Å². The van der Waals surface area contributed by atoms with Crippen molar-refractivity contribution in [2.24, 2.45) is 0 Å². The van der Waals surface area contributed by atoms with E-state index in [1.165, 1.54) is 11.9 Å². The largest absolute Gasteiger partial charge is 0.401 e. The predicted molar refractivity (Wildman–Crippen MR) is 51.3 cm³/mol. The van der Waals surface area contributed by atoms with Crippen molar-refractivity contribution in [3.8, 4) is 0 Å². The molecule has 0 radical (unpaired) electrons. The van der Waals surface area contributed by atoms with Crippen LogP contribution in [0.2, 0.25) is 0 Å². The van der Waals surface area contributed by atoms with Gasteiger partial charge in [0.25, 0.3) is 0 Å². The minimum Gasteiger partial charge on any atom is -0.307 e. The standard InChI is InChI=1S/C9H19F3N2/c1-4-13(2)6-5-7-14(3)8-9(10,11)12/h4-8H2,1-3H3. The van der Waals surface area contributed by atoms with Crippen LogP contribution in [0.4, 0.5) is 13.2 Å². The van der Waals surface area contributed by atoms with E-state index in [1.54, 1.807) is 0 Å². The molecule has 86 valence electrons. The van der Waals surface area contributed by atoms with Gasteiger partial charge in [0.2, 0.25) is 0 Å². The highest BCUT2D eigenvalue weighted by molar-refractivity contribution is 4.59. The van der Waals surface area contributed by atoms with Gasteiger partial charge in [0.05, 0.1) is 6.54 Å². The first-order valence-corrected chi connectivity index (χ1v) is 4.79. The van der Waals surface area contributed by atoms with Crippen LogP contribution in [0.1, 0.15) is 13.3 Å². The molecule has 14 heavy (non-hydrogen) atoms. The quantitative estimate of drug-likeness (QED) is 0.662. The van der Waals surface area contributed by atoms with Gasteiger partial charge >= 0.3 is 6.18 Å². The molecule has 0 heterocycles. The molecule has 0 saturated carbocycles. The molecule has 0 saturated heterocycles. The summed E-state index contributed by atoms with van der Waals surface area (Å²) >= 11 is 0. The van der Waals surface area contributed by atoms with Crippen molar-refractivity contribution in [1.29, 1.82) is 0 Å². The maximum atomic E-state index is 11.9. The topological polar surface area (TPSA) is 6.48 Å². The molecule has 0 aromatic carbocycles. The Morgan fingerprint density at radius 3 is 1.93 bits per heavy atom. The second kappa shape index (κ2) is 6.24. The molecule has 0 N–H and O–H groups in total. The maximum Gasteiger partial charge on any atom is 0.401 e. The van der Waals surface area contributed by atoms with E-state index in [2.05, 4.69) is 4.90 Å². The Balaban J connectivity index is 3.50. The van der Waals surface area contributed by atoms with Crippen LogP contribution >= 0.6 is 0 Å². The van der Waals surface area contributed by atoms with E-state index in [0.29, 0.717) is 6.54 Å². The van der Waals surface area contributed by atoms with Gasteiger partial charge in [-0.15, -0.1) is 0 Å². The van der Waals surface area contributed by atoms with Gasteiger partial charge in [-0.25, -0.2) is 0 Å². The number of nitrogens with zero attached hydrogens (tertiary/aromatic N) is 2. The van der Waals surface area contributed by atoms with Gasteiger partial charge in [-0.05, 0) is 40.2 Å². The zero-order chi connectivity index (χ0) is 11.2. The third-order valence-electron chi connectivity index (χ3n) is 2.07. The lowest BCUT2D eigenvalue weighted by Crippen LogP contribution is -2.33. The highest BCUT2D eigenvalue weighted by Crippen LogP contribution is 2.15. The van der Waals surface area contributed by atoms with Gasteiger partial charge in [0.15, 0.2) is 0 Å². The summed E-state index contributed by atoms with van der Waals surface area (Å²) in [5, 5.41) is 0. The molecule has 0 unspecified atom stereocenters. The molecular weight excluding hydrogens is 193 g/mol. The summed E-state index contributed by atoms with van der Waals surface area (Å²) in [6, 6.07) is 0. The van der Waals surface area contributed by atoms with Gasteiger partial charge in [-0.3, -0.25) is 4.90 Å². The lowest BCUT2D eigenvalue weighted by atomic mass is 10.3. The minimum atomic E-state index is -4.08. The summed E-state index contributed by atoms with van der Waals surface area (Å²) in [6.45, 7) is 3.48. The third kappa shape index (κ3) is 8.31. The van der Waals surface area contributed by atoms with Crippen molar-refractivity contribution in [1.82, 2.24) is 9.80 Å². The molecule has 0 amide bonds. The Morgan fingerprint density at radius 2 is 1.50 bits per heavy atom. The van der Waals surface area contributed by atoms with Crippen molar-refractivity contribution in [3.05, 3.63) is 0 Å². The van der Waals surface area contributed by atoms with Crippen LogP contribution in [0.25, 0.3) is 0 Å². The van der Waals surface area contributed by atoms with Crippen molar-refractivity contribution >= 4 is 0 Å². The van der Waals surface area contributed by atoms with E-state index >= 15 is 0 Å². The Labute approximate surface area is 83.7 Å². The van der Waals surface area contributed by atoms with E-state index < -0.39 is 12.7 Å². The van der Waals surface area contributed by atoms with Crippen LogP contribution in [0.3, 0.4) is 0 Å². The number of hydrogen-bond donors (Lipinski definition) is 0. The van der Waals surface area contributed by atoms with Crippen molar-refractivity contribution < 1.29 is 13.2 Å². The fourth-order valence-electron chi connectivity index (χ4n) is 1.15. The number of hydrogen-bond acceptors (Lipinski definition) is 2. The molecule has 0 atom stereocenters. The van der Waals surface area contributed by atoms with E-state index in [0.717, 1.165) is 19.5 Å². The van der Waals surface area contributed by atoms with Crippen LogP contribution < -0.4 is 0 Å². The molecule has 0 bridgehead atoms. The van der Waals surface area contributed by atoms with Crippen molar-refractivity contribution in [3.63, 3.8) is 0 Å². The molecule has 0 aliphatic rings. The smallest absolute Gasteiger partial charge is 0.307 e. The molecule has 5 heteroatoms. The zero-order valence-electron chi connectivity index (χ0n) is 9.06. The summed E-state index contributed by atoms with van der Waals surface area (Å²) in [5.41, 5.74) is 0. The maximum absolute atomic E-state index is 11.9. The minimum absolute atomic E-state index is 0.490. The van der Waals surface area contributed by atoms with Crippen LogP contribution in [0.15, 0.2) is 0 Å². The van der Waals surface area contributed by atoms with Crippen molar-refractivity contribution in [2.45, 2.75) is 19.5 Å². The molecule has 0 aliphatic heterocycles. The monoisotopic (exact) mass is 212 g/mol. The molecule has 2 nitrogen and oxygen atoms in total. The Hall–Kier alpha value is -0.290. The molecular formula is C9H19F3N2. The summed E-state index contributed by atoms with van der Waals surface area (Å²) in [6.07, 6.45) is -3.30. The fourth-order valence-corrected chi connectivity index (χ4v) is 1.15. The average molecular weight is 212 g/mol. The van der Waals surface area contributed by atoms with E-state index in [9.17, 15) is 13.2 Å². The highest BCUT2D eigenvalue weighted by atomic mass is 19.4. The van der Waals surface area contributed by atoms with Crippen LogP contribution in [0.5, 0.6) is 0 Å². The first kappa shape index (κ1) is 13.7. The van der Waals surface area contributed by atoms with Crippen LogP contribution in [0, 0.1) is 0 Å². The van der Waals surface area contributed by atoms with Gasteiger partial charge in [-0.1, -0.05) is 6.92 Å². The van der Waals surface area contributed by atoms with E-state index in [-0.39, 0.29) is 0 Å². The fraction of sp³-hybridized carbons (Fsp3) is 1.00. The average Bonchev–Trinajstić information content (AvgIpc) is 2.00. The zero-order valence-corrected chi connectivity index (χ0v) is 9.06. The Kier molecular flexibility index (Phi) is 6.11. The first-order valence-electron chi connectivity index (χ1n) is 4.79. The molecule has 0 rings (SSSR count). The second-order valence-electron chi connectivity index (χ2n) is 3.60. The van der Waals surface area contributed by atoms with Gasteiger partial charge in [-0.2, -0.15) is 13.2 Å². The lowest BCUT2D eigenvalue weighted by Gasteiger charge is -2.20. The Bertz CT molecular complexity index is 147. The Morgan fingerprint density at radius 1 is 1.00 bits per heavy atom. The molecule has 0 aromatic rings. The summed E-state index contributed by atoms with van der Waals surface area (Å²) in [7, 11) is 3.46. The first-order chi connectivity index (χ1) is 6.35. The molecule has 0 fully saturated rings. The molecule has 0 aromatic heterocycles. The number of halogens is 3. The van der Waals surface area contributed by atoms with Gasteiger partial charge in [0, 0.05) is 0 Å². The second-order valence-corrected chi connectivity index (χ2v) is 3.60. The third-order valence-corrected chi connectivity index (χ3v) is 2.07.